The van der Waals surface area contributed by atoms with Crippen LogP contribution < -0.4 is 20.5 Å². The summed E-state index contributed by atoms with van der Waals surface area (Å²) in [6.07, 6.45) is 2.72. The van der Waals surface area contributed by atoms with E-state index in [0.717, 1.165) is 16.3 Å². The van der Waals surface area contributed by atoms with Crippen LogP contribution in [0.5, 0.6) is 5.75 Å². The van der Waals surface area contributed by atoms with Gasteiger partial charge in [0.2, 0.25) is 21.8 Å². The molecule has 11 heteroatoms. The first kappa shape index (κ1) is 28.1. The van der Waals surface area contributed by atoms with Gasteiger partial charge < -0.3 is 20.7 Å². The predicted molar refractivity (Wildman–Crippen MR) is 155 cm³/mol. The van der Waals surface area contributed by atoms with Crippen molar-refractivity contribution in [1.82, 2.24) is 19.9 Å². The predicted octanol–water partition coefficient (Wildman–Crippen LogP) is 3.15. The summed E-state index contributed by atoms with van der Waals surface area (Å²) in [6.45, 7) is 0.594. The molecule has 10 nitrogen and oxygen atoms in total. The minimum absolute atomic E-state index is 0.0835. The fourth-order valence-corrected chi connectivity index (χ4v) is 6.45. The molecule has 41 heavy (non-hydrogen) atoms. The third kappa shape index (κ3) is 6.01. The van der Waals surface area contributed by atoms with Crippen molar-refractivity contribution < 1.29 is 22.7 Å². The lowest BCUT2D eigenvalue weighted by Crippen LogP contribution is -2.50. The fraction of sp³-hybridized carbons (Fsp3) is 0.233. The number of hydrogen-bond acceptors (Lipinski definition) is 7. The number of nitrogens with one attached hydrogen (secondary N) is 2. The van der Waals surface area contributed by atoms with Crippen LogP contribution in [0.15, 0.2) is 90.0 Å². The summed E-state index contributed by atoms with van der Waals surface area (Å²) in [7, 11) is -2.79. The molecule has 1 aromatic heterocycles. The number of nitrogens with zero attached hydrogens (tertiary/aromatic N) is 2. The summed E-state index contributed by atoms with van der Waals surface area (Å²) in [6, 6.07) is 20.4. The number of carbonyl (C=O) groups excluding carboxylic acids is 2. The lowest BCUT2D eigenvalue weighted by Gasteiger charge is -2.29. The van der Waals surface area contributed by atoms with Crippen LogP contribution in [0.3, 0.4) is 0 Å². The molecule has 0 radical (unpaired) electrons. The van der Waals surface area contributed by atoms with Gasteiger partial charge in [-0.3, -0.25) is 9.59 Å². The van der Waals surface area contributed by atoms with E-state index in [-0.39, 0.29) is 23.1 Å². The third-order valence-electron chi connectivity index (χ3n) is 7.18. The number of nitrogen functional groups attached to an aromatic ring is 1. The zero-order valence-electron chi connectivity index (χ0n) is 22.5. The van der Waals surface area contributed by atoms with Gasteiger partial charge in [-0.15, -0.1) is 0 Å². The molecular weight excluding hydrogens is 542 g/mol. The number of fused-ring (bicyclic) bond motifs is 1. The molecule has 1 aliphatic rings. The topological polar surface area (TPSA) is 144 Å². The number of nitrogens with two attached hydrogens (primary N) is 1. The van der Waals surface area contributed by atoms with Gasteiger partial charge in [-0.05, 0) is 53.6 Å². The molecule has 4 aromatic rings. The Kier molecular flexibility index (Phi) is 8.18. The first-order valence-corrected chi connectivity index (χ1v) is 14.7. The molecule has 212 valence electrons. The lowest BCUT2D eigenvalue weighted by atomic mass is 10.1. The number of amides is 2. The number of pyridine rings is 1. The van der Waals surface area contributed by atoms with Crippen molar-refractivity contribution in [2.75, 3.05) is 19.4 Å². The SMILES string of the molecule is COc1ccccc1S(=O)(=O)NC(C(=O)N1CCCC1C(=O)NCc1ccc2c(N)nccc2c1)c1ccccc1. The van der Waals surface area contributed by atoms with Gasteiger partial charge in [-0.25, -0.2) is 13.4 Å². The van der Waals surface area contributed by atoms with E-state index in [1.54, 1.807) is 48.7 Å². The molecule has 3 aromatic carbocycles. The summed E-state index contributed by atoms with van der Waals surface area (Å²) >= 11 is 0. The standard InChI is InChI=1S/C30H31N5O5S/c1-40-25-11-5-6-12-26(25)41(38,39)34-27(21-8-3-2-4-9-21)30(37)35-17-7-10-24(35)29(36)33-19-20-13-14-23-22(18-20)15-16-32-28(23)31/h2-6,8-9,11-16,18,24,27,34H,7,10,17,19H2,1H3,(H2,31,32)(H,33,36). The smallest absolute Gasteiger partial charge is 0.245 e. The maximum absolute atomic E-state index is 13.9. The van der Waals surface area contributed by atoms with E-state index < -0.39 is 28.0 Å². The monoisotopic (exact) mass is 573 g/mol. The van der Waals surface area contributed by atoms with Gasteiger partial charge in [0.05, 0.1) is 7.11 Å². The molecule has 0 aliphatic carbocycles. The van der Waals surface area contributed by atoms with Crippen LogP contribution in [0.2, 0.25) is 0 Å². The van der Waals surface area contributed by atoms with E-state index in [1.807, 2.05) is 24.3 Å². The summed E-state index contributed by atoms with van der Waals surface area (Å²) < 4.78 is 34.7. The molecule has 1 fully saturated rings. The van der Waals surface area contributed by atoms with Crippen molar-refractivity contribution in [1.29, 1.82) is 0 Å². The Labute approximate surface area is 238 Å². The number of anilines is 1. The quantitative estimate of drug-likeness (QED) is 0.279. The van der Waals surface area contributed by atoms with E-state index in [1.165, 1.54) is 24.1 Å². The average Bonchev–Trinajstić information content (AvgIpc) is 3.49. The van der Waals surface area contributed by atoms with Crippen LogP contribution in [0, 0.1) is 0 Å². The molecule has 1 aliphatic heterocycles. The van der Waals surface area contributed by atoms with E-state index in [2.05, 4.69) is 15.0 Å². The third-order valence-corrected chi connectivity index (χ3v) is 8.64. The molecule has 0 bridgehead atoms. The lowest BCUT2D eigenvalue weighted by molar-refractivity contribution is -0.139. The molecule has 2 atom stereocenters. The highest BCUT2D eigenvalue weighted by Crippen LogP contribution is 2.28. The molecule has 1 saturated heterocycles. The van der Waals surface area contributed by atoms with Gasteiger partial charge in [-0.1, -0.05) is 54.6 Å². The second kappa shape index (κ2) is 11.9. The van der Waals surface area contributed by atoms with Crippen molar-refractivity contribution in [3.05, 3.63) is 96.2 Å². The van der Waals surface area contributed by atoms with E-state index >= 15 is 0 Å². The number of sulfonamides is 1. The van der Waals surface area contributed by atoms with Gasteiger partial charge in [0.1, 0.15) is 28.5 Å². The summed E-state index contributed by atoms with van der Waals surface area (Å²) in [5.74, 6) is -0.205. The molecule has 2 amide bonds. The number of methoxy groups -OCH3 is 1. The van der Waals surface area contributed by atoms with Crippen molar-refractivity contribution in [2.24, 2.45) is 0 Å². The first-order valence-electron chi connectivity index (χ1n) is 13.2. The van der Waals surface area contributed by atoms with Crippen molar-refractivity contribution in [2.45, 2.75) is 36.4 Å². The van der Waals surface area contributed by atoms with Crippen LogP contribution in [-0.4, -0.2) is 49.8 Å². The summed E-state index contributed by atoms with van der Waals surface area (Å²) in [5, 5.41) is 4.68. The highest BCUT2D eigenvalue weighted by atomic mass is 32.2. The fourth-order valence-electron chi connectivity index (χ4n) is 5.10. The number of para-hydroxylation sites is 1. The Morgan fingerprint density at radius 3 is 2.61 bits per heavy atom. The second-order valence-electron chi connectivity index (χ2n) is 9.77. The number of carbonyl (C=O) groups is 2. The van der Waals surface area contributed by atoms with Crippen molar-refractivity contribution >= 4 is 38.4 Å². The number of hydrogen-bond donors (Lipinski definition) is 3. The summed E-state index contributed by atoms with van der Waals surface area (Å²) in [5.41, 5.74) is 7.28. The average molecular weight is 574 g/mol. The molecule has 4 N–H and O–H groups in total. The van der Waals surface area contributed by atoms with Gasteiger partial charge in [-0.2, -0.15) is 4.72 Å². The zero-order valence-corrected chi connectivity index (χ0v) is 23.3. The minimum Gasteiger partial charge on any atom is -0.495 e. The molecule has 0 saturated carbocycles. The Morgan fingerprint density at radius 2 is 1.83 bits per heavy atom. The number of benzene rings is 3. The zero-order chi connectivity index (χ0) is 29.0. The van der Waals surface area contributed by atoms with Gasteiger partial charge in [0.25, 0.3) is 0 Å². The number of rotatable bonds is 9. The van der Waals surface area contributed by atoms with Crippen LogP contribution in [0.4, 0.5) is 5.82 Å². The van der Waals surface area contributed by atoms with Crippen LogP contribution in [0.25, 0.3) is 10.8 Å². The molecule has 0 spiro atoms. The second-order valence-corrected chi connectivity index (χ2v) is 11.5. The Balaban J connectivity index is 1.35. The van der Waals surface area contributed by atoms with Crippen molar-refractivity contribution in [3.8, 4) is 5.75 Å². The maximum Gasteiger partial charge on any atom is 0.245 e. The highest BCUT2D eigenvalue weighted by molar-refractivity contribution is 7.89. The summed E-state index contributed by atoms with van der Waals surface area (Å²) in [4.78, 5) is 32.7. The molecule has 2 heterocycles. The molecule has 5 rings (SSSR count). The van der Waals surface area contributed by atoms with Crippen LogP contribution in [-0.2, 0) is 26.2 Å². The number of ether oxygens (including phenoxy) is 1. The van der Waals surface area contributed by atoms with E-state index in [9.17, 15) is 18.0 Å². The van der Waals surface area contributed by atoms with Crippen molar-refractivity contribution in [3.63, 3.8) is 0 Å². The normalized spacial score (nSPS) is 15.9. The number of aromatic nitrogens is 1. The van der Waals surface area contributed by atoms with E-state index in [0.29, 0.717) is 30.8 Å². The minimum atomic E-state index is -4.17. The van der Waals surface area contributed by atoms with Gasteiger partial charge >= 0.3 is 0 Å². The van der Waals surface area contributed by atoms with Crippen LogP contribution in [0.1, 0.15) is 30.0 Å². The van der Waals surface area contributed by atoms with Gasteiger partial charge in [0, 0.05) is 24.7 Å². The van der Waals surface area contributed by atoms with E-state index in [4.69, 9.17) is 10.5 Å². The first-order chi connectivity index (χ1) is 19.8. The molecule has 2 unspecified atom stereocenters. The Hall–Kier alpha value is -4.48. The Morgan fingerprint density at radius 1 is 1.07 bits per heavy atom. The highest BCUT2D eigenvalue weighted by Gasteiger charge is 2.39. The maximum atomic E-state index is 13.9. The van der Waals surface area contributed by atoms with Gasteiger partial charge in [0.15, 0.2) is 0 Å². The number of likely N-dealkylation sites (tertiary alicyclic amines) is 1. The molecular formula is C30H31N5O5S. The largest absolute Gasteiger partial charge is 0.495 e. The van der Waals surface area contributed by atoms with Crippen LogP contribution >= 0.6 is 0 Å². The Bertz CT molecular complexity index is 1680.